The summed E-state index contributed by atoms with van der Waals surface area (Å²) in [7, 11) is 0. The Bertz CT molecular complexity index is 1900. The maximum atomic E-state index is 6.12. The summed E-state index contributed by atoms with van der Waals surface area (Å²) in [6, 6.07) is 11.4. The van der Waals surface area contributed by atoms with Crippen LogP contribution in [0.5, 0.6) is 0 Å². The van der Waals surface area contributed by atoms with Crippen LogP contribution in [-0.2, 0) is 16.0 Å². The molecule has 0 N–H and O–H groups in total. The summed E-state index contributed by atoms with van der Waals surface area (Å²) in [6.07, 6.45) is 29.0. The molecule has 1 fully saturated rings. The molecule has 2 aliphatic heterocycles. The molecule has 0 radical (unpaired) electrons. The third-order valence-corrected chi connectivity index (χ3v) is 12.9. The molecule has 3 aliphatic rings. The van der Waals surface area contributed by atoms with Crippen molar-refractivity contribution in [2.45, 2.75) is 61.1 Å². The maximum absolute atomic E-state index is 6.12. The van der Waals surface area contributed by atoms with Gasteiger partial charge in [-0.25, -0.2) is 4.48 Å². The van der Waals surface area contributed by atoms with Crippen LogP contribution in [0.4, 0.5) is 5.69 Å². The van der Waals surface area contributed by atoms with Gasteiger partial charge in [0.2, 0.25) is 5.52 Å². The van der Waals surface area contributed by atoms with Gasteiger partial charge < -0.3 is 9.47 Å². The highest BCUT2D eigenvalue weighted by Gasteiger charge is 2.53. The normalized spacial score (nSPS) is 23.6. The molecule has 0 saturated carbocycles. The predicted octanol–water partition coefficient (Wildman–Crippen LogP) is 9.22. The molecule has 0 bridgehead atoms. The van der Waals surface area contributed by atoms with Crippen molar-refractivity contribution < 1.29 is 14.0 Å². The van der Waals surface area contributed by atoms with Crippen LogP contribution in [0, 0.1) is 37.0 Å². The van der Waals surface area contributed by atoms with E-state index in [0.717, 1.165) is 25.9 Å². The Kier molecular flexibility index (Phi) is 10.5. The van der Waals surface area contributed by atoms with E-state index in [2.05, 4.69) is 110 Å². The number of ether oxygens (including phenoxy) is 2. The molecule has 242 valence electrons. The van der Waals surface area contributed by atoms with Crippen LogP contribution < -0.4 is 9.05 Å². The van der Waals surface area contributed by atoms with Crippen molar-refractivity contribution in [3.05, 3.63) is 81.4 Å². The number of benzene rings is 2. The average Bonchev–Trinajstić information content (AvgIpc) is 3.71. The molecule has 6 rings (SSSR count). The van der Waals surface area contributed by atoms with Gasteiger partial charge in [-0.1, -0.05) is 49.3 Å². The van der Waals surface area contributed by atoms with Crippen LogP contribution in [0.3, 0.4) is 0 Å². The van der Waals surface area contributed by atoms with Crippen LogP contribution >= 0.6 is 46.6 Å². The second kappa shape index (κ2) is 14.4. The standard InChI is InChI=1S/C39H42N2O2S4/c1-8-17-42-18-15-40-31-14-13-30(44-6)23-34(31)46-36(40)22-29-21-28(25-39(4,5)26-29)11-10-12-38-41(16-19-43-37(41)9-2)32-24-33(45-7)27(3)20-35(32)47-38/h1-2,10-14,20-24,37H,15-19,25-26H2,3-7H3/q+2/b11-10+,29-22-,38-12-. The molecular weight excluding hydrogens is 657 g/mol. The number of aryl methyl sites for hydroxylation is 1. The zero-order chi connectivity index (χ0) is 33.2. The SMILES string of the molecule is C#CCOCC[n+]1c(/C=C2C=C(/C=C/C=C3\Sc4cc(C)c(SC)cc4[N+]34CCOC4C#C)CC(C)(C)C/2)sc2cc(SC)ccc21. The van der Waals surface area contributed by atoms with Gasteiger partial charge >= 0.3 is 0 Å². The summed E-state index contributed by atoms with van der Waals surface area (Å²) in [5.74, 6) is 5.55. The van der Waals surface area contributed by atoms with E-state index in [1.165, 1.54) is 57.3 Å². The van der Waals surface area contributed by atoms with Crippen LogP contribution in [-0.4, -0.2) is 45.1 Å². The van der Waals surface area contributed by atoms with Crippen molar-refractivity contribution >= 4 is 68.6 Å². The van der Waals surface area contributed by atoms with E-state index < -0.39 is 0 Å². The van der Waals surface area contributed by atoms with Crippen LogP contribution in [0.25, 0.3) is 16.3 Å². The van der Waals surface area contributed by atoms with Crippen molar-refractivity contribution in [1.82, 2.24) is 4.48 Å². The van der Waals surface area contributed by atoms with E-state index in [-0.39, 0.29) is 11.6 Å². The molecule has 1 saturated heterocycles. The third-order valence-electron chi connectivity index (χ3n) is 8.95. The zero-order valence-corrected chi connectivity index (χ0v) is 31.1. The molecule has 1 aromatic heterocycles. The van der Waals surface area contributed by atoms with E-state index in [4.69, 9.17) is 22.3 Å². The highest BCUT2D eigenvalue weighted by Crippen LogP contribution is 2.55. The number of thiazole rings is 1. The number of nitrogens with zero attached hydrogens (tertiary/aromatic N) is 2. The number of terminal acetylenes is 2. The van der Waals surface area contributed by atoms with Crippen molar-refractivity contribution in [1.29, 1.82) is 0 Å². The van der Waals surface area contributed by atoms with Crippen LogP contribution in [0.2, 0.25) is 0 Å². The first kappa shape index (κ1) is 34.2. The number of hydrogen-bond acceptors (Lipinski definition) is 6. The maximum Gasteiger partial charge on any atom is 0.267 e. The van der Waals surface area contributed by atoms with Gasteiger partial charge in [-0.15, -0.1) is 36.4 Å². The summed E-state index contributed by atoms with van der Waals surface area (Å²) in [5.41, 5.74) is 6.62. The second-order valence-electron chi connectivity index (χ2n) is 12.9. The van der Waals surface area contributed by atoms with Gasteiger partial charge in [0.15, 0.2) is 17.3 Å². The van der Waals surface area contributed by atoms with Gasteiger partial charge in [0.05, 0.1) is 4.90 Å². The average molecular weight is 699 g/mol. The van der Waals surface area contributed by atoms with Gasteiger partial charge in [0, 0.05) is 34.1 Å². The van der Waals surface area contributed by atoms with Crippen molar-refractivity contribution in [3.63, 3.8) is 0 Å². The minimum atomic E-state index is -0.319. The van der Waals surface area contributed by atoms with E-state index in [9.17, 15) is 0 Å². The quantitative estimate of drug-likeness (QED) is 0.0729. The second-order valence-corrected chi connectivity index (χ2v) is 16.7. The van der Waals surface area contributed by atoms with Crippen molar-refractivity contribution in [3.8, 4) is 24.7 Å². The molecule has 8 heteroatoms. The number of fused-ring (bicyclic) bond motifs is 3. The zero-order valence-electron chi connectivity index (χ0n) is 27.8. The minimum Gasteiger partial charge on any atom is -0.362 e. The number of quaternary nitrogens is 1. The van der Waals surface area contributed by atoms with Crippen molar-refractivity contribution in [2.75, 3.05) is 38.9 Å². The lowest BCUT2D eigenvalue weighted by Crippen LogP contribution is -2.49. The van der Waals surface area contributed by atoms with E-state index in [1.54, 1.807) is 23.5 Å². The lowest BCUT2D eigenvalue weighted by molar-refractivity contribution is -0.670. The Labute approximate surface area is 297 Å². The Morgan fingerprint density at radius 1 is 1.17 bits per heavy atom. The molecule has 2 aromatic carbocycles. The Morgan fingerprint density at radius 2 is 2.02 bits per heavy atom. The molecule has 1 spiro atoms. The molecule has 2 unspecified atom stereocenters. The highest BCUT2D eigenvalue weighted by molar-refractivity contribution is 8.03. The Morgan fingerprint density at radius 3 is 2.79 bits per heavy atom. The molecule has 4 nitrogen and oxygen atoms in total. The van der Waals surface area contributed by atoms with Crippen molar-refractivity contribution in [2.24, 2.45) is 5.41 Å². The summed E-state index contributed by atoms with van der Waals surface area (Å²) in [5, 5.41) is 2.46. The predicted molar refractivity (Wildman–Crippen MR) is 204 cm³/mol. The Hall–Kier alpha value is -2.66. The molecule has 47 heavy (non-hydrogen) atoms. The highest BCUT2D eigenvalue weighted by atomic mass is 32.2. The number of rotatable bonds is 9. The lowest BCUT2D eigenvalue weighted by atomic mass is 9.75. The monoisotopic (exact) mass is 698 g/mol. The van der Waals surface area contributed by atoms with Gasteiger partial charge in [-0.2, -0.15) is 4.57 Å². The first-order valence-electron chi connectivity index (χ1n) is 15.9. The molecule has 3 heterocycles. The summed E-state index contributed by atoms with van der Waals surface area (Å²) >= 11 is 7.24. The number of thioether (sulfide) groups is 3. The topological polar surface area (TPSA) is 22.3 Å². The largest absolute Gasteiger partial charge is 0.362 e. The number of aromatic nitrogens is 1. The van der Waals surface area contributed by atoms with Gasteiger partial charge in [0.25, 0.3) is 11.2 Å². The molecule has 3 aromatic rings. The van der Waals surface area contributed by atoms with E-state index in [0.29, 0.717) is 24.3 Å². The first-order valence-corrected chi connectivity index (χ1v) is 19.9. The number of allylic oxidation sites excluding steroid dienone is 6. The summed E-state index contributed by atoms with van der Waals surface area (Å²) in [4.78, 5) is 3.84. The summed E-state index contributed by atoms with van der Waals surface area (Å²) < 4.78 is 16.1. The van der Waals surface area contributed by atoms with E-state index >= 15 is 0 Å². The third kappa shape index (κ3) is 6.94. The smallest absolute Gasteiger partial charge is 0.267 e. The van der Waals surface area contributed by atoms with Gasteiger partial charge in [-0.05, 0) is 90.3 Å². The van der Waals surface area contributed by atoms with Crippen LogP contribution in [0.15, 0.2) is 85.5 Å². The van der Waals surface area contributed by atoms with E-state index in [1.807, 2.05) is 23.1 Å². The van der Waals surface area contributed by atoms with Crippen LogP contribution in [0.1, 0.15) is 37.3 Å². The Balaban J connectivity index is 1.34. The van der Waals surface area contributed by atoms with Gasteiger partial charge in [-0.3, -0.25) is 0 Å². The molecule has 2 atom stereocenters. The molecular formula is C39H42N2O2S4+2. The molecule has 1 aliphatic carbocycles. The summed E-state index contributed by atoms with van der Waals surface area (Å²) in [6.45, 7) is 10.1. The number of hydrogen-bond donors (Lipinski definition) is 0. The fourth-order valence-electron chi connectivity index (χ4n) is 6.90. The minimum absolute atomic E-state index is 0.145. The fraction of sp³-hybridized carbons (Fsp3) is 0.359. The lowest BCUT2D eigenvalue weighted by Gasteiger charge is -2.31. The molecule has 0 amide bonds. The van der Waals surface area contributed by atoms with Gasteiger partial charge in [0.1, 0.15) is 31.1 Å². The first-order chi connectivity index (χ1) is 22.7. The fourth-order valence-corrected chi connectivity index (χ4v) is 10.6.